The average molecular weight is 386 g/mol. The number of nitrogens with one attached hydrogen (secondary N) is 1. The molecule has 4 rings (SSSR count). The zero-order valence-electron chi connectivity index (χ0n) is 14.6. The third-order valence-electron chi connectivity index (χ3n) is 5.07. The predicted octanol–water partition coefficient (Wildman–Crippen LogP) is 2.74. The van der Waals surface area contributed by atoms with Crippen molar-refractivity contribution in [2.24, 2.45) is 0 Å². The van der Waals surface area contributed by atoms with Gasteiger partial charge in [0.05, 0.1) is 0 Å². The first-order valence-corrected chi connectivity index (χ1v) is 8.43. The molecule has 0 aromatic carbocycles. The number of hydrogen-bond acceptors (Lipinski definition) is 6. The highest BCUT2D eigenvalue weighted by atomic mass is 35.5. The lowest BCUT2D eigenvalue weighted by atomic mass is 9.95. The van der Waals surface area contributed by atoms with Crippen molar-refractivity contribution in [1.82, 2.24) is 25.3 Å². The van der Waals surface area contributed by atoms with Crippen molar-refractivity contribution in [1.29, 1.82) is 0 Å². The molecule has 0 saturated carbocycles. The second-order valence-corrected chi connectivity index (χ2v) is 6.68. The Morgan fingerprint density at radius 1 is 1.24 bits per heavy atom. The van der Waals surface area contributed by atoms with Crippen LogP contribution in [0.5, 0.6) is 0 Å². The maximum Gasteiger partial charge on any atom is 0.230 e. The first kappa shape index (κ1) is 20.1. The predicted molar refractivity (Wildman–Crippen MR) is 102 cm³/mol. The number of halogens is 2. The molecule has 2 aliphatic rings. The molecule has 0 bridgehead atoms. The van der Waals surface area contributed by atoms with Gasteiger partial charge < -0.3 is 14.7 Å². The first-order chi connectivity index (χ1) is 11.2. The van der Waals surface area contributed by atoms with Crippen molar-refractivity contribution in [3.05, 3.63) is 28.9 Å². The van der Waals surface area contributed by atoms with Gasteiger partial charge in [-0.25, -0.2) is 0 Å². The largest absolute Gasteiger partial charge is 0.339 e. The van der Waals surface area contributed by atoms with Crippen LogP contribution in [-0.4, -0.2) is 46.7 Å². The van der Waals surface area contributed by atoms with Crippen molar-refractivity contribution in [2.45, 2.75) is 38.6 Å². The molecule has 2 aliphatic heterocycles. The Bertz CT molecular complexity index is 713. The normalized spacial score (nSPS) is 18.2. The lowest BCUT2D eigenvalue weighted by Gasteiger charge is -2.26. The number of aromatic nitrogens is 3. The Morgan fingerprint density at radius 3 is 2.76 bits per heavy atom. The van der Waals surface area contributed by atoms with E-state index in [1.54, 1.807) is 0 Å². The Balaban J connectivity index is 0.00000113. The summed E-state index contributed by atoms with van der Waals surface area (Å²) in [5.41, 5.74) is 4.64. The summed E-state index contributed by atoms with van der Waals surface area (Å²) in [6.45, 7) is 6.08. The lowest BCUT2D eigenvalue weighted by Crippen LogP contribution is -2.29. The molecule has 6 nitrogen and oxygen atoms in total. The molecule has 138 valence electrons. The monoisotopic (exact) mass is 385 g/mol. The van der Waals surface area contributed by atoms with Crippen LogP contribution >= 0.6 is 24.8 Å². The summed E-state index contributed by atoms with van der Waals surface area (Å²) in [6, 6.07) is 0. The molecular formula is C17H25Cl2N5O. The molecule has 25 heavy (non-hydrogen) atoms. The number of piperidine rings is 1. The molecular weight excluding hydrogens is 361 g/mol. The fourth-order valence-corrected chi connectivity index (χ4v) is 3.63. The zero-order chi connectivity index (χ0) is 15.8. The minimum Gasteiger partial charge on any atom is -0.339 e. The standard InChI is InChI=1S/C17H23N5O.2ClH/c1-11-15(14-3-6-18-9-13(14)10-19-11)16-20-17(23-21-16)12-4-7-22(2)8-5-12;;/h10,12,18H,3-9H2,1-2H3;2*1H. The molecule has 2 aromatic rings. The van der Waals surface area contributed by atoms with Gasteiger partial charge in [-0.3, -0.25) is 4.98 Å². The van der Waals surface area contributed by atoms with Crippen molar-refractivity contribution < 1.29 is 4.52 Å². The Kier molecular flexibility index (Phi) is 6.79. The quantitative estimate of drug-likeness (QED) is 0.856. The lowest BCUT2D eigenvalue weighted by molar-refractivity contribution is 0.227. The van der Waals surface area contributed by atoms with E-state index in [2.05, 4.69) is 27.4 Å². The van der Waals surface area contributed by atoms with Gasteiger partial charge in [0, 0.05) is 29.9 Å². The number of fused-ring (bicyclic) bond motifs is 1. The summed E-state index contributed by atoms with van der Waals surface area (Å²) in [4.78, 5) is 11.6. The third-order valence-corrected chi connectivity index (χ3v) is 5.07. The van der Waals surface area contributed by atoms with Crippen LogP contribution < -0.4 is 5.32 Å². The third kappa shape index (κ3) is 3.97. The first-order valence-electron chi connectivity index (χ1n) is 8.43. The topological polar surface area (TPSA) is 67.1 Å². The number of nitrogens with zero attached hydrogens (tertiary/aromatic N) is 4. The molecule has 2 aromatic heterocycles. The molecule has 0 unspecified atom stereocenters. The van der Waals surface area contributed by atoms with Crippen molar-refractivity contribution >= 4 is 24.8 Å². The molecule has 0 amide bonds. The van der Waals surface area contributed by atoms with Crippen molar-refractivity contribution in [2.75, 3.05) is 26.7 Å². The molecule has 8 heteroatoms. The van der Waals surface area contributed by atoms with Crippen LogP contribution in [0.3, 0.4) is 0 Å². The van der Waals surface area contributed by atoms with Crippen LogP contribution in [0.1, 0.15) is 41.5 Å². The van der Waals surface area contributed by atoms with E-state index in [4.69, 9.17) is 9.51 Å². The summed E-state index contributed by atoms with van der Waals surface area (Å²) in [7, 11) is 2.16. The SMILES string of the molecule is Cc1ncc2c(c1-c1noc(C3CCN(C)CC3)n1)CCNC2.Cl.Cl. The molecule has 0 radical (unpaired) electrons. The summed E-state index contributed by atoms with van der Waals surface area (Å²) in [6.07, 6.45) is 5.14. The van der Waals surface area contributed by atoms with Crippen LogP contribution in [-0.2, 0) is 13.0 Å². The van der Waals surface area contributed by atoms with Crippen LogP contribution in [0.15, 0.2) is 10.7 Å². The molecule has 1 fully saturated rings. The zero-order valence-corrected chi connectivity index (χ0v) is 16.3. The summed E-state index contributed by atoms with van der Waals surface area (Å²) in [5, 5.41) is 7.68. The molecule has 1 saturated heterocycles. The van der Waals surface area contributed by atoms with E-state index >= 15 is 0 Å². The molecule has 0 atom stereocenters. The second kappa shape index (κ2) is 8.45. The van der Waals surface area contributed by atoms with Gasteiger partial charge in [0.15, 0.2) is 0 Å². The average Bonchev–Trinajstić information content (AvgIpc) is 3.05. The number of likely N-dealkylation sites (tertiary alicyclic amines) is 1. The van der Waals surface area contributed by atoms with E-state index in [1.807, 2.05) is 13.1 Å². The minimum absolute atomic E-state index is 0. The summed E-state index contributed by atoms with van der Waals surface area (Å²) in [5.74, 6) is 1.89. The summed E-state index contributed by atoms with van der Waals surface area (Å²) >= 11 is 0. The van der Waals surface area contributed by atoms with Crippen LogP contribution in [0.4, 0.5) is 0 Å². The molecule has 0 aliphatic carbocycles. The fourth-order valence-electron chi connectivity index (χ4n) is 3.63. The molecule has 1 N–H and O–H groups in total. The number of aryl methyl sites for hydroxylation is 1. The minimum atomic E-state index is 0. The highest BCUT2D eigenvalue weighted by molar-refractivity contribution is 5.85. The fraction of sp³-hybridized carbons (Fsp3) is 0.588. The van der Waals surface area contributed by atoms with Crippen molar-refractivity contribution in [3.63, 3.8) is 0 Å². The van der Waals surface area contributed by atoms with Gasteiger partial charge in [-0.05, 0) is 64.0 Å². The van der Waals surface area contributed by atoms with Crippen LogP contribution in [0.25, 0.3) is 11.4 Å². The highest BCUT2D eigenvalue weighted by Crippen LogP contribution is 2.31. The summed E-state index contributed by atoms with van der Waals surface area (Å²) < 4.78 is 5.62. The van der Waals surface area contributed by atoms with Crippen LogP contribution in [0, 0.1) is 6.92 Å². The van der Waals surface area contributed by atoms with Gasteiger partial charge in [-0.1, -0.05) is 5.16 Å². The van der Waals surface area contributed by atoms with E-state index in [1.165, 1.54) is 11.1 Å². The maximum absolute atomic E-state index is 5.62. The van der Waals surface area contributed by atoms with Gasteiger partial charge in [-0.15, -0.1) is 24.8 Å². The Labute approximate surface area is 160 Å². The Hall–Kier alpha value is -1.21. The number of pyridine rings is 1. The van der Waals surface area contributed by atoms with E-state index in [0.29, 0.717) is 11.7 Å². The van der Waals surface area contributed by atoms with E-state index in [-0.39, 0.29) is 24.8 Å². The van der Waals surface area contributed by atoms with Crippen molar-refractivity contribution in [3.8, 4) is 11.4 Å². The van der Waals surface area contributed by atoms with E-state index in [0.717, 1.165) is 62.6 Å². The van der Waals surface area contributed by atoms with E-state index in [9.17, 15) is 0 Å². The van der Waals surface area contributed by atoms with Gasteiger partial charge >= 0.3 is 0 Å². The number of rotatable bonds is 2. The Morgan fingerprint density at radius 2 is 2.00 bits per heavy atom. The van der Waals surface area contributed by atoms with Crippen LogP contribution in [0.2, 0.25) is 0 Å². The van der Waals surface area contributed by atoms with Gasteiger partial charge in [0.25, 0.3) is 0 Å². The molecule has 0 spiro atoms. The highest BCUT2D eigenvalue weighted by Gasteiger charge is 2.26. The smallest absolute Gasteiger partial charge is 0.230 e. The van der Waals surface area contributed by atoms with Gasteiger partial charge in [0.1, 0.15) is 0 Å². The second-order valence-electron chi connectivity index (χ2n) is 6.68. The van der Waals surface area contributed by atoms with E-state index < -0.39 is 0 Å². The van der Waals surface area contributed by atoms with Gasteiger partial charge in [-0.2, -0.15) is 4.98 Å². The molecule has 4 heterocycles. The number of hydrogen-bond donors (Lipinski definition) is 1. The maximum atomic E-state index is 5.62. The van der Waals surface area contributed by atoms with Gasteiger partial charge in [0.2, 0.25) is 11.7 Å².